The summed E-state index contributed by atoms with van der Waals surface area (Å²) in [6.07, 6.45) is 2.22. The van der Waals surface area contributed by atoms with Crippen LogP contribution in [0.15, 0.2) is 53.4 Å². The predicted octanol–water partition coefficient (Wildman–Crippen LogP) is 3.46. The minimum atomic E-state index is -3.65. The Morgan fingerprint density at radius 3 is 2.60 bits per heavy atom. The van der Waals surface area contributed by atoms with Crippen LogP contribution in [0.2, 0.25) is 0 Å². The molecular formula is C23H28N2O4S. The summed E-state index contributed by atoms with van der Waals surface area (Å²) < 4.78 is 33.2. The number of carbonyl (C=O) groups excluding carboxylic acids is 1. The molecule has 1 amide bonds. The van der Waals surface area contributed by atoms with Crippen molar-refractivity contribution in [3.8, 4) is 5.75 Å². The van der Waals surface area contributed by atoms with Crippen LogP contribution in [0.4, 0.5) is 5.69 Å². The number of para-hydroxylation sites is 1. The molecule has 0 unspecified atom stereocenters. The van der Waals surface area contributed by atoms with Crippen LogP contribution in [-0.4, -0.2) is 44.4 Å². The Balaban J connectivity index is 1.52. The number of anilines is 1. The van der Waals surface area contributed by atoms with Crippen LogP contribution >= 0.6 is 0 Å². The number of hydrogen-bond acceptors (Lipinski definition) is 4. The van der Waals surface area contributed by atoms with Gasteiger partial charge in [-0.05, 0) is 69.0 Å². The van der Waals surface area contributed by atoms with Crippen LogP contribution < -0.4 is 9.64 Å². The van der Waals surface area contributed by atoms with Crippen molar-refractivity contribution in [2.24, 2.45) is 5.92 Å². The highest BCUT2D eigenvalue weighted by Gasteiger charge is 2.39. The van der Waals surface area contributed by atoms with E-state index in [-0.39, 0.29) is 29.3 Å². The lowest BCUT2D eigenvalue weighted by molar-refractivity contribution is -0.123. The number of carbonyl (C=O) groups is 1. The first kappa shape index (κ1) is 20.9. The molecule has 0 radical (unpaired) electrons. The summed E-state index contributed by atoms with van der Waals surface area (Å²) in [5.74, 6) is 0.341. The van der Waals surface area contributed by atoms with Gasteiger partial charge in [0.1, 0.15) is 5.75 Å². The fourth-order valence-electron chi connectivity index (χ4n) is 4.48. The maximum Gasteiger partial charge on any atom is 0.243 e. The molecule has 2 aromatic rings. The number of benzene rings is 2. The van der Waals surface area contributed by atoms with E-state index in [0.717, 1.165) is 12.1 Å². The third kappa shape index (κ3) is 3.84. The number of nitrogens with zero attached hydrogens (tertiary/aromatic N) is 2. The van der Waals surface area contributed by atoms with E-state index in [0.29, 0.717) is 31.7 Å². The quantitative estimate of drug-likeness (QED) is 0.731. The molecule has 4 rings (SSSR count). The standard InChI is InChI=1S/C23H28N2O4S/c1-3-29-20-10-12-21(13-11-20)30(27,28)24-14-6-8-19(16-24)23(26)25-17(2)15-18-7-4-5-9-22(18)25/h4-5,7,9-13,17,19H,3,6,8,14-16H2,1-2H3/t17-,19-/m1/s1. The molecule has 160 valence electrons. The molecule has 1 saturated heterocycles. The van der Waals surface area contributed by atoms with Gasteiger partial charge in [-0.15, -0.1) is 0 Å². The van der Waals surface area contributed by atoms with Crippen LogP contribution in [0.5, 0.6) is 5.75 Å². The first-order chi connectivity index (χ1) is 14.4. The summed E-state index contributed by atoms with van der Waals surface area (Å²) in [7, 11) is -3.65. The highest BCUT2D eigenvalue weighted by molar-refractivity contribution is 7.89. The second-order valence-corrected chi connectivity index (χ2v) is 9.93. The summed E-state index contributed by atoms with van der Waals surface area (Å²) in [5, 5.41) is 0. The predicted molar refractivity (Wildman–Crippen MR) is 116 cm³/mol. The molecule has 0 aromatic heterocycles. The molecule has 2 aromatic carbocycles. The van der Waals surface area contributed by atoms with Gasteiger partial charge >= 0.3 is 0 Å². The van der Waals surface area contributed by atoms with E-state index in [1.807, 2.05) is 30.0 Å². The van der Waals surface area contributed by atoms with Crippen LogP contribution in [0.25, 0.3) is 0 Å². The van der Waals surface area contributed by atoms with Gasteiger partial charge in [0.15, 0.2) is 0 Å². The van der Waals surface area contributed by atoms with E-state index >= 15 is 0 Å². The zero-order valence-corrected chi connectivity index (χ0v) is 18.3. The minimum Gasteiger partial charge on any atom is -0.494 e. The average molecular weight is 429 g/mol. The number of piperidine rings is 1. The van der Waals surface area contributed by atoms with E-state index in [2.05, 4.69) is 13.0 Å². The maximum atomic E-state index is 13.4. The van der Waals surface area contributed by atoms with Crippen molar-refractivity contribution >= 4 is 21.6 Å². The van der Waals surface area contributed by atoms with E-state index in [9.17, 15) is 13.2 Å². The van der Waals surface area contributed by atoms with Gasteiger partial charge in [-0.3, -0.25) is 4.79 Å². The second kappa shape index (κ2) is 8.40. The van der Waals surface area contributed by atoms with Gasteiger partial charge < -0.3 is 9.64 Å². The molecule has 0 spiro atoms. The second-order valence-electron chi connectivity index (χ2n) is 8.00. The molecule has 0 N–H and O–H groups in total. The van der Waals surface area contributed by atoms with Gasteiger partial charge in [-0.25, -0.2) is 8.42 Å². The first-order valence-corrected chi connectivity index (χ1v) is 12.0. The van der Waals surface area contributed by atoms with Gasteiger partial charge in [-0.1, -0.05) is 18.2 Å². The molecule has 6 nitrogen and oxygen atoms in total. The molecule has 30 heavy (non-hydrogen) atoms. The van der Waals surface area contributed by atoms with Crippen molar-refractivity contribution < 1.29 is 17.9 Å². The fourth-order valence-corrected chi connectivity index (χ4v) is 6.01. The van der Waals surface area contributed by atoms with E-state index < -0.39 is 10.0 Å². The molecule has 1 fully saturated rings. The Bertz CT molecular complexity index is 1020. The van der Waals surface area contributed by atoms with Crippen molar-refractivity contribution in [2.45, 2.75) is 44.0 Å². The first-order valence-electron chi connectivity index (χ1n) is 10.6. The largest absolute Gasteiger partial charge is 0.494 e. The highest BCUT2D eigenvalue weighted by Crippen LogP contribution is 2.35. The molecule has 0 aliphatic carbocycles. The molecular weight excluding hydrogens is 400 g/mol. The van der Waals surface area contributed by atoms with E-state index in [4.69, 9.17) is 4.74 Å². The SMILES string of the molecule is CCOc1ccc(S(=O)(=O)N2CCC[C@@H](C(=O)N3c4ccccc4C[C@H]3C)C2)cc1. The number of hydrogen-bond donors (Lipinski definition) is 0. The summed E-state index contributed by atoms with van der Waals surface area (Å²) in [4.78, 5) is 15.5. The normalized spacial score (nSPS) is 22.0. The molecule has 0 bridgehead atoms. The molecule has 7 heteroatoms. The fraction of sp³-hybridized carbons (Fsp3) is 0.435. The summed E-state index contributed by atoms with van der Waals surface area (Å²) >= 11 is 0. The van der Waals surface area contributed by atoms with Gasteiger partial charge in [-0.2, -0.15) is 4.31 Å². The van der Waals surface area contributed by atoms with Crippen molar-refractivity contribution in [1.29, 1.82) is 0 Å². The van der Waals surface area contributed by atoms with Crippen LogP contribution in [-0.2, 0) is 21.2 Å². The smallest absolute Gasteiger partial charge is 0.243 e. The van der Waals surface area contributed by atoms with Crippen molar-refractivity contribution in [3.63, 3.8) is 0 Å². The van der Waals surface area contributed by atoms with Gasteiger partial charge in [0.25, 0.3) is 0 Å². The summed E-state index contributed by atoms with van der Waals surface area (Å²) in [6, 6.07) is 14.6. The third-order valence-electron chi connectivity index (χ3n) is 5.95. The Labute approximate surface area is 178 Å². The van der Waals surface area contributed by atoms with Crippen LogP contribution in [0, 0.1) is 5.92 Å². The maximum absolute atomic E-state index is 13.4. The van der Waals surface area contributed by atoms with Crippen molar-refractivity contribution in [3.05, 3.63) is 54.1 Å². The molecule has 2 heterocycles. The third-order valence-corrected chi connectivity index (χ3v) is 7.83. The number of fused-ring (bicyclic) bond motifs is 1. The minimum absolute atomic E-state index is 0.0269. The lowest BCUT2D eigenvalue weighted by atomic mass is 9.97. The average Bonchev–Trinajstić information content (AvgIpc) is 3.09. The Morgan fingerprint density at radius 2 is 1.87 bits per heavy atom. The highest BCUT2D eigenvalue weighted by atomic mass is 32.2. The lowest BCUT2D eigenvalue weighted by Gasteiger charge is -2.34. The summed E-state index contributed by atoms with van der Waals surface area (Å²) in [5.41, 5.74) is 2.13. The van der Waals surface area contributed by atoms with E-state index in [1.165, 1.54) is 9.87 Å². The Morgan fingerprint density at radius 1 is 1.13 bits per heavy atom. The monoisotopic (exact) mass is 428 g/mol. The number of rotatable bonds is 5. The lowest BCUT2D eigenvalue weighted by Crippen LogP contribution is -2.48. The van der Waals surface area contributed by atoms with Gasteiger partial charge in [0.2, 0.25) is 15.9 Å². The Hall–Kier alpha value is -2.38. The topological polar surface area (TPSA) is 66.9 Å². The summed E-state index contributed by atoms with van der Waals surface area (Å²) in [6.45, 7) is 5.12. The van der Waals surface area contributed by atoms with Crippen LogP contribution in [0.1, 0.15) is 32.3 Å². The number of ether oxygens (including phenoxy) is 1. The molecule has 2 aliphatic rings. The van der Waals surface area contributed by atoms with Gasteiger partial charge in [0.05, 0.1) is 17.4 Å². The van der Waals surface area contributed by atoms with Crippen molar-refractivity contribution in [2.75, 3.05) is 24.6 Å². The van der Waals surface area contributed by atoms with Crippen molar-refractivity contribution in [1.82, 2.24) is 4.31 Å². The van der Waals surface area contributed by atoms with Gasteiger partial charge in [0, 0.05) is 24.8 Å². The molecule has 2 aliphatic heterocycles. The Kier molecular flexibility index (Phi) is 5.84. The molecule has 2 atom stereocenters. The zero-order chi connectivity index (χ0) is 21.3. The van der Waals surface area contributed by atoms with Crippen LogP contribution in [0.3, 0.4) is 0 Å². The number of amides is 1. The zero-order valence-electron chi connectivity index (χ0n) is 17.5. The number of sulfonamides is 1. The van der Waals surface area contributed by atoms with E-state index in [1.54, 1.807) is 24.3 Å². The molecule has 0 saturated carbocycles.